The number of benzene rings is 1. The second kappa shape index (κ2) is 5.62. The minimum absolute atomic E-state index is 0.0127. The molecule has 1 atom stereocenters. The molecule has 0 bridgehead atoms. The summed E-state index contributed by atoms with van der Waals surface area (Å²) < 4.78 is 26.1. The SMILES string of the molecule is CS(=O)(=O)OC(=O)C1CC(=O)N(Cc2ccccc2)C1. The summed E-state index contributed by atoms with van der Waals surface area (Å²) in [7, 11) is -3.83. The standard InChI is InChI=1S/C13H15NO5S/c1-20(17,18)19-13(16)11-7-12(15)14(9-11)8-10-5-3-2-4-6-10/h2-6,11H,7-9H2,1H3. The number of carbonyl (C=O) groups excluding carboxylic acids is 2. The van der Waals surface area contributed by atoms with Crippen LogP contribution in [0.25, 0.3) is 0 Å². The zero-order valence-corrected chi connectivity index (χ0v) is 11.8. The number of rotatable bonds is 4. The van der Waals surface area contributed by atoms with E-state index >= 15 is 0 Å². The molecule has 108 valence electrons. The van der Waals surface area contributed by atoms with E-state index in [9.17, 15) is 18.0 Å². The maximum Gasteiger partial charge on any atom is 0.327 e. The van der Waals surface area contributed by atoms with Crippen LogP contribution in [0, 0.1) is 5.92 Å². The zero-order chi connectivity index (χ0) is 14.8. The Morgan fingerprint density at radius 3 is 2.60 bits per heavy atom. The monoisotopic (exact) mass is 297 g/mol. The molecule has 1 heterocycles. The summed E-state index contributed by atoms with van der Waals surface area (Å²) in [5.74, 6) is -1.76. The summed E-state index contributed by atoms with van der Waals surface area (Å²) in [6.45, 7) is 0.588. The van der Waals surface area contributed by atoms with Gasteiger partial charge < -0.3 is 9.08 Å². The van der Waals surface area contributed by atoms with Gasteiger partial charge in [0.05, 0.1) is 12.2 Å². The van der Waals surface area contributed by atoms with Crippen LogP contribution in [0.2, 0.25) is 0 Å². The maximum atomic E-state index is 11.8. The van der Waals surface area contributed by atoms with Gasteiger partial charge >= 0.3 is 16.1 Å². The summed E-state index contributed by atoms with van der Waals surface area (Å²) in [6.07, 6.45) is 0.796. The lowest BCUT2D eigenvalue weighted by molar-refractivity contribution is -0.138. The predicted octanol–water partition coefficient (Wildman–Crippen LogP) is 0.538. The molecular weight excluding hydrogens is 282 g/mol. The highest BCUT2D eigenvalue weighted by Gasteiger charge is 2.36. The minimum atomic E-state index is -3.83. The highest BCUT2D eigenvalue weighted by Crippen LogP contribution is 2.21. The third-order valence-electron chi connectivity index (χ3n) is 3.00. The molecule has 1 fully saturated rings. The molecule has 1 unspecified atom stereocenters. The molecule has 2 rings (SSSR count). The second-order valence-electron chi connectivity index (χ2n) is 4.77. The molecule has 0 saturated carbocycles. The average Bonchev–Trinajstić information content (AvgIpc) is 2.70. The number of likely N-dealkylation sites (tertiary alicyclic amines) is 1. The number of nitrogens with zero attached hydrogens (tertiary/aromatic N) is 1. The van der Waals surface area contributed by atoms with Crippen molar-refractivity contribution in [1.82, 2.24) is 4.90 Å². The minimum Gasteiger partial charge on any atom is -0.345 e. The van der Waals surface area contributed by atoms with Crippen molar-refractivity contribution in [3.63, 3.8) is 0 Å². The van der Waals surface area contributed by atoms with Gasteiger partial charge in [0.25, 0.3) is 0 Å². The Labute approximate surface area is 117 Å². The number of carbonyl (C=O) groups is 2. The second-order valence-corrected chi connectivity index (χ2v) is 6.34. The first kappa shape index (κ1) is 14.5. The van der Waals surface area contributed by atoms with Gasteiger partial charge in [0.1, 0.15) is 0 Å². The predicted molar refractivity (Wildman–Crippen MR) is 70.9 cm³/mol. The molecule has 1 aromatic carbocycles. The zero-order valence-electron chi connectivity index (χ0n) is 11.0. The van der Waals surface area contributed by atoms with Gasteiger partial charge in [-0.2, -0.15) is 8.42 Å². The van der Waals surface area contributed by atoms with Crippen molar-refractivity contribution in [1.29, 1.82) is 0 Å². The van der Waals surface area contributed by atoms with Gasteiger partial charge in [0.15, 0.2) is 0 Å². The lowest BCUT2D eigenvalue weighted by Crippen LogP contribution is -2.27. The Bertz CT molecular complexity index is 611. The molecule has 0 aliphatic carbocycles. The van der Waals surface area contributed by atoms with Crippen molar-refractivity contribution < 1.29 is 22.2 Å². The van der Waals surface area contributed by atoms with E-state index in [0.717, 1.165) is 11.8 Å². The maximum absolute atomic E-state index is 11.8. The van der Waals surface area contributed by atoms with Crippen LogP contribution in [0.3, 0.4) is 0 Å². The van der Waals surface area contributed by atoms with E-state index in [1.54, 1.807) is 0 Å². The van der Waals surface area contributed by atoms with E-state index in [2.05, 4.69) is 4.18 Å². The van der Waals surface area contributed by atoms with Crippen molar-refractivity contribution in [2.45, 2.75) is 13.0 Å². The van der Waals surface area contributed by atoms with Gasteiger partial charge in [-0.05, 0) is 5.56 Å². The molecular formula is C13H15NO5S. The van der Waals surface area contributed by atoms with E-state index in [1.165, 1.54) is 4.90 Å². The highest BCUT2D eigenvalue weighted by atomic mass is 32.2. The molecule has 1 aromatic rings. The van der Waals surface area contributed by atoms with Gasteiger partial charge in [-0.15, -0.1) is 0 Å². The highest BCUT2D eigenvalue weighted by molar-refractivity contribution is 7.86. The van der Waals surface area contributed by atoms with E-state index < -0.39 is 22.0 Å². The Hall–Kier alpha value is -1.89. The first-order chi connectivity index (χ1) is 9.35. The number of hydrogen-bond donors (Lipinski definition) is 0. The molecule has 1 saturated heterocycles. The van der Waals surface area contributed by atoms with Crippen LogP contribution in [-0.4, -0.2) is 38.0 Å². The number of amides is 1. The van der Waals surface area contributed by atoms with Crippen molar-refractivity contribution >= 4 is 22.0 Å². The number of hydrogen-bond acceptors (Lipinski definition) is 5. The fraction of sp³-hybridized carbons (Fsp3) is 0.385. The van der Waals surface area contributed by atoms with E-state index in [4.69, 9.17) is 0 Å². The van der Waals surface area contributed by atoms with Crippen LogP contribution >= 0.6 is 0 Å². The first-order valence-corrected chi connectivity index (χ1v) is 7.92. The molecule has 1 amide bonds. The van der Waals surface area contributed by atoms with Crippen molar-refractivity contribution in [2.24, 2.45) is 5.92 Å². The summed E-state index contributed by atoms with van der Waals surface area (Å²) in [6, 6.07) is 9.38. The van der Waals surface area contributed by atoms with Crippen LogP contribution in [0.4, 0.5) is 0 Å². The lowest BCUT2D eigenvalue weighted by Gasteiger charge is -2.16. The van der Waals surface area contributed by atoms with Crippen molar-refractivity contribution in [2.75, 3.05) is 12.8 Å². The third kappa shape index (κ3) is 3.80. The molecule has 0 aromatic heterocycles. The van der Waals surface area contributed by atoms with Gasteiger partial charge in [-0.25, -0.2) is 0 Å². The molecule has 0 radical (unpaired) electrons. The van der Waals surface area contributed by atoms with Crippen molar-refractivity contribution in [3.05, 3.63) is 35.9 Å². The fourth-order valence-electron chi connectivity index (χ4n) is 2.10. The Morgan fingerprint density at radius 2 is 2.00 bits per heavy atom. The smallest absolute Gasteiger partial charge is 0.327 e. The van der Waals surface area contributed by atoms with E-state index in [-0.39, 0.29) is 18.9 Å². The van der Waals surface area contributed by atoms with Crippen LogP contribution in [0.5, 0.6) is 0 Å². The summed E-state index contributed by atoms with van der Waals surface area (Å²) >= 11 is 0. The van der Waals surface area contributed by atoms with Crippen LogP contribution in [0.1, 0.15) is 12.0 Å². The van der Waals surface area contributed by atoms with Crippen LogP contribution in [0.15, 0.2) is 30.3 Å². The molecule has 7 heteroatoms. The summed E-state index contributed by atoms with van der Waals surface area (Å²) in [5, 5.41) is 0. The van der Waals surface area contributed by atoms with Gasteiger partial charge in [0.2, 0.25) is 5.91 Å². The van der Waals surface area contributed by atoms with Gasteiger partial charge in [-0.3, -0.25) is 9.59 Å². The summed E-state index contributed by atoms with van der Waals surface area (Å²) in [4.78, 5) is 25.0. The largest absolute Gasteiger partial charge is 0.345 e. The quantitative estimate of drug-likeness (QED) is 0.758. The van der Waals surface area contributed by atoms with Crippen LogP contribution < -0.4 is 0 Å². The van der Waals surface area contributed by atoms with Crippen LogP contribution in [-0.2, 0) is 30.4 Å². The lowest BCUT2D eigenvalue weighted by atomic mass is 10.1. The van der Waals surface area contributed by atoms with Gasteiger partial charge in [-0.1, -0.05) is 30.3 Å². The van der Waals surface area contributed by atoms with Gasteiger partial charge in [0, 0.05) is 19.5 Å². The third-order valence-corrected chi connectivity index (χ3v) is 3.46. The van der Waals surface area contributed by atoms with Crippen molar-refractivity contribution in [3.8, 4) is 0 Å². The van der Waals surface area contributed by atoms with E-state index in [1.807, 2.05) is 30.3 Å². The normalized spacial score (nSPS) is 19.1. The molecule has 0 spiro atoms. The molecule has 20 heavy (non-hydrogen) atoms. The molecule has 1 aliphatic rings. The Balaban J connectivity index is 1.99. The first-order valence-electron chi connectivity index (χ1n) is 6.10. The topological polar surface area (TPSA) is 80.8 Å². The molecule has 0 N–H and O–H groups in total. The fourth-order valence-corrected chi connectivity index (χ4v) is 2.54. The Morgan fingerprint density at radius 1 is 1.35 bits per heavy atom. The summed E-state index contributed by atoms with van der Waals surface area (Å²) in [5.41, 5.74) is 0.956. The molecule has 6 nitrogen and oxygen atoms in total. The van der Waals surface area contributed by atoms with E-state index in [0.29, 0.717) is 6.54 Å². The average molecular weight is 297 g/mol. The Kier molecular flexibility index (Phi) is 4.08. The molecule has 1 aliphatic heterocycles.